The van der Waals surface area contributed by atoms with Crippen LogP contribution in [0.5, 0.6) is 5.75 Å². The van der Waals surface area contributed by atoms with Crippen LogP contribution in [0.3, 0.4) is 0 Å². The average molecular weight is 479 g/mol. The SMILES string of the molecule is COc1cccc(-c2nc(-c3ccc(-c4ccccc4)cc3)c(-c3ccc(-c4ccccc4)cc3)[nH]2)c1. The van der Waals surface area contributed by atoms with E-state index in [-0.39, 0.29) is 0 Å². The molecule has 1 heterocycles. The van der Waals surface area contributed by atoms with Crippen LogP contribution < -0.4 is 4.74 Å². The highest BCUT2D eigenvalue weighted by atomic mass is 16.5. The molecule has 0 aliphatic heterocycles. The van der Waals surface area contributed by atoms with Gasteiger partial charge in [0.25, 0.3) is 0 Å². The van der Waals surface area contributed by atoms with Crippen molar-refractivity contribution in [3.63, 3.8) is 0 Å². The van der Waals surface area contributed by atoms with Gasteiger partial charge in [0.15, 0.2) is 0 Å². The third-order valence-electron chi connectivity index (χ3n) is 6.59. The molecule has 0 saturated carbocycles. The van der Waals surface area contributed by atoms with Gasteiger partial charge in [-0.15, -0.1) is 0 Å². The van der Waals surface area contributed by atoms with E-state index in [0.717, 1.165) is 39.7 Å². The topological polar surface area (TPSA) is 37.9 Å². The molecule has 6 aromatic rings. The van der Waals surface area contributed by atoms with Crippen molar-refractivity contribution >= 4 is 0 Å². The predicted octanol–water partition coefficient (Wildman–Crippen LogP) is 8.75. The van der Waals surface area contributed by atoms with Crippen molar-refractivity contribution in [3.8, 4) is 61.9 Å². The molecule has 0 radical (unpaired) electrons. The van der Waals surface area contributed by atoms with Gasteiger partial charge in [-0.05, 0) is 34.4 Å². The van der Waals surface area contributed by atoms with Gasteiger partial charge in [0.1, 0.15) is 11.6 Å². The summed E-state index contributed by atoms with van der Waals surface area (Å²) in [4.78, 5) is 8.68. The highest BCUT2D eigenvalue weighted by molar-refractivity contribution is 5.83. The van der Waals surface area contributed by atoms with Gasteiger partial charge in [0.05, 0.1) is 18.5 Å². The Labute approximate surface area is 217 Å². The number of H-pyrrole nitrogens is 1. The molecular formula is C34H26N2O. The van der Waals surface area contributed by atoms with Crippen LogP contribution in [0, 0.1) is 0 Å². The lowest BCUT2D eigenvalue weighted by atomic mass is 9.99. The van der Waals surface area contributed by atoms with E-state index in [0.29, 0.717) is 0 Å². The van der Waals surface area contributed by atoms with Crippen molar-refractivity contribution in [3.05, 3.63) is 133 Å². The van der Waals surface area contributed by atoms with Crippen LogP contribution in [0.25, 0.3) is 56.2 Å². The quantitative estimate of drug-likeness (QED) is 0.260. The number of nitrogens with one attached hydrogen (secondary N) is 1. The fourth-order valence-corrected chi connectivity index (χ4v) is 4.61. The van der Waals surface area contributed by atoms with Crippen molar-refractivity contribution in [1.82, 2.24) is 9.97 Å². The molecule has 0 amide bonds. The summed E-state index contributed by atoms with van der Waals surface area (Å²) in [5.41, 5.74) is 9.81. The first-order valence-electron chi connectivity index (χ1n) is 12.3. The molecule has 0 unspecified atom stereocenters. The number of imidazole rings is 1. The van der Waals surface area contributed by atoms with Gasteiger partial charge in [-0.25, -0.2) is 4.98 Å². The molecule has 0 bridgehead atoms. The lowest BCUT2D eigenvalue weighted by Gasteiger charge is -2.07. The zero-order chi connectivity index (χ0) is 25.0. The van der Waals surface area contributed by atoms with Crippen molar-refractivity contribution in [1.29, 1.82) is 0 Å². The molecule has 37 heavy (non-hydrogen) atoms. The summed E-state index contributed by atoms with van der Waals surface area (Å²) in [6, 6.07) is 46.1. The molecule has 0 aliphatic rings. The van der Waals surface area contributed by atoms with E-state index in [9.17, 15) is 0 Å². The predicted molar refractivity (Wildman–Crippen MR) is 152 cm³/mol. The molecular weight excluding hydrogens is 452 g/mol. The third kappa shape index (κ3) is 4.67. The van der Waals surface area contributed by atoms with E-state index in [1.54, 1.807) is 7.11 Å². The summed E-state index contributed by atoms with van der Waals surface area (Å²) in [5, 5.41) is 0. The molecule has 0 aliphatic carbocycles. The Morgan fingerprint density at radius 1 is 0.486 bits per heavy atom. The third-order valence-corrected chi connectivity index (χ3v) is 6.59. The highest BCUT2D eigenvalue weighted by Crippen LogP contribution is 2.35. The summed E-state index contributed by atoms with van der Waals surface area (Å²) in [5.74, 6) is 1.61. The first-order valence-corrected chi connectivity index (χ1v) is 12.3. The van der Waals surface area contributed by atoms with E-state index < -0.39 is 0 Å². The molecule has 3 nitrogen and oxygen atoms in total. The zero-order valence-corrected chi connectivity index (χ0v) is 20.6. The van der Waals surface area contributed by atoms with E-state index in [1.807, 2.05) is 36.4 Å². The van der Waals surface area contributed by atoms with Gasteiger partial charge < -0.3 is 9.72 Å². The standard InChI is InChI=1S/C34H26N2O/c1-37-31-14-8-13-30(23-31)34-35-32(28-19-15-26(16-20-28)24-9-4-2-5-10-24)33(36-34)29-21-17-27(18-22-29)25-11-6-3-7-12-25/h2-23H,1H3,(H,35,36). The van der Waals surface area contributed by atoms with Crippen LogP contribution in [0.1, 0.15) is 0 Å². The van der Waals surface area contributed by atoms with Gasteiger partial charge in [-0.1, -0.05) is 121 Å². The van der Waals surface area contributed by atoms with Gasteiger partial charge >= 0.3 is 0 Å². The Hall–Kier alpha value is -4.89. The van der Waals surface area contributed by atoms with Crippen LogP contribution in [-0.4, -0.2) is 17.1 Å². The van der Waals surface area contributed by atoms with Crippen molar-refractivity contribution in [2.24, 2.45) is 0 Å². The van der Waals surface area contributed by atoms with Gasteiger partial charge in [-0.2, -0.15) is 0 Å². The molecule has 5 aromatic carbocycles. The molecule has 0 fully saturated rings. The number of hydrogen-bond donors (Lipinski definition) is 1. The molecule has 6 rings (SSSR count). The maximum absolute atomic E-state index is 5.45. The number of ether oxygens (including phenoxy) is 1. The lowest BCUT2D eigenvalue weighted by Crippen LogP contribution is -1.85. The minimum Gasteiger partial charge on any atom is -0.497 e. The minimum atomic E-state index is 0.802. The van der Waals surface area contributed by atoms with Gasteiger partial charge in [-0.3, -0.25) is 0 Å². The number of aromatic nitrogens is 2. The number of benzene rings is 5. The smallest absolute Gasteiger partial charge is 0.138 e. The summed E-state index contributed by atoms with van der Waals surface area (Å²) >= 11 is 0. The Bertz CT molecular complexity index is 1520. The van der Waals surface area contributed by atoms with E-state index in [4.69, 9.17) is 9.72 Å². The fraction of sp³-hybridized carbons (Fsp3) is 0.0294. The van der Waals surface area contributed by atoms with Crippen LogP contribution in [0.15, 0.2) is 133 Å². The molecule has 3 heteroatoms. The summed E-state index contributed by atoms with van der Waals surface area (Å²) in [7, 11) is 1.68. The molecule has 178 valence electrons. The summed E-state index contributed by atoms with van der Waals surface area (Å²) < 4.78 is 5.45. The maximum Gasteiger partial charge on any atom is 0.138 e. The number of rotatable bonds is 6. The number of aromatic amines is 1. The van der Waals surface area contributed by atoms with E-state index in [2.05, 4.69) is 102 Å². The first kappa shape index (κ1) is 22.6. The summed E-state index contributed by atoms with van der Waals surface area (Å²) in [6.45, 7) is 0. The second-order valence-electron chi connectivity index (χ2n) is 8.93. The van der Waals surface area contributed by atoms with Crippen LogP contribution in [-0.2, 0) is 0 Å². The fourth-order valence-electron chi connectivity index (χ4n) is 4.61. The Balaban J connectivity index is 1.43. The number of nitrogens with zero attached hydrogens (tertiary/aromatic N) is 1. The molecule has 0 atom stereocenters. The molecule has 0 saturated heterocycles. The zero-order valence-electron chi connectivity index (χ0n) is 20.6. The van der Waals surface area contributed by atoms with Crippen LogP contribution >= 0.6 is 0 Å². The van der Waals surface area contributed by atoms with Crippen LogP contribution in [0.4, 0.5) is 0 Å². The highest BCUT2D eigenvalue weighted by Gasteiger charge is 2.16. The largest absolute Gasteiger partial charge is 0.497 e. The summed E-state index contributed by atoms with van der Waals surface area (Å²) in [6.07, 6.45) is 0. The monoisotopic (exact) mass is 478 g/mol. The molecule has 0 spiro atoms. The number of methoxy groups -OCH3 is 1. The minimum absolute atomic E-state index is 0.802. The maximum atomic E-state index is 5.45. The normalized spacial score (nSPS) is 10.8. The van der Waals surface area contributed by atoms with Crippen molar-refractivity contribution in [2.45, 2.75) is 0 Å². The average Bonchev–Trinajstić information content (AvgIpc) is 3.44. The molecule has 1 N–H and O–H groups in total. The second-order valence-corrected chi connectivity index (χ2v) is 8.93. The number of hydrogen-bond acceptors (Lipinski definition) is 2. The van der Waals surface area contributed by atoms with Gasteiger partial charge in [0, 0.05) is 16.7 Å². The molecule has 1 aromatic heterocycles. The van der Waals surface area contributed by atoms with E-state index in [1.165, 1.54) is 22.3 Å². The first-order chi connectivity index (χ1) is 18.3. The van der Waals surface area contributed by atoms with Gasteiger partial charge in [0.2, 0.25) is 0 Å². The Kier molecular flexibility index (Phi) is 6.10. The van der Waals surface area contributed by atoms with Crippen LogP contribution in [0.2, 0.25) is 0 Å². The van der Waals surface area contributed by atoms with Crippen molar-refractivity contribution < 1.29 is 4.74 Å². The van der Waals surface area contributed by atoms with Crippen molar-refractivity contribution in [2.75, 3.05) is 7.11 Å². The Morgan fingerprint density at radius 3 is 1.54 bits per heavy atom. The van der Waals surface area contributed by atoms with E-state index >= 15 is 0 Å². The lowest BCUT2D eigenvalue weighted by molar-refractivity contribution is 0.415. The Morgan fingerprint density at radius 2 is 0.973 bits per heavy atom. The second kappa shape index (κ2) is 10.00.